The number of nitrogens with one attached hydrogen (secondary N) is 1. The first-order chi connectivity index (χ1) is 9.99. The van der Waals surface area contributed by atoms with Gasteiger partial charge in [0.2, 0.25) is 0 Å². The summed E-state index contributed by atoms with van der Waals surface area (Å²) >= 11 is 6.00. The lowest BCUT2D eigenvalue weighted by atomic mass is 9.95. The molecule has 6 heteroatoms. The van der Waals surface area contributed by atoms with Gasteiger partial charge in [0.1, 0.15) is 0 Å². The van der Waals surface area contributed by atoms with Gasteiger partial charge >= 0.3 is 12.0 Å². The van der Waals surface area contributed by atoms with Gasteiger partial charge in [-0.15, -0.1) is 0 Å². The molecule has 0 saturated heterocycles. The Labute approximate surface area is 128 Å². The van der Waals surface area contributed by atoms with E-state index in [1.807, 2.05) is 13.0 Å². The maximum absolute atomic E-state index is 12.2. The van der Waals surface area contributed by atoms with Gasteiger partial charge in [0.25, 0.3) is 0 Å². The molecule has 5 nitrogen and oxygen atoms in total. The molecule has 112 valence electrons. The monoisotopic (exact) mass is 308 g/mol. The summed E-state index contributed by atoms with van der Waals surface area (Å²) in [6, 6.07) is 6.25. The zero-order valence-corrected chi connectivity index (χ0v) is 12.9. The Morgan fingerprint density at radius 3 is 2.76 bits per heavy atom. The van der Waals surface area contributed by atoms with Gasteiger partial charge < -0.3 is 10.1 Å². The molecular formula is C15H17ClN2O3. The van der Waals surface area contributed by atoms with Gasteiger partial charge in [-0.1, -0.05) is 23.7 Å². The number of halogens is 1. The highest BCUT2D eigenvalue weighted by Gasteiger charge is 2.35. The second kappa shape index (κ2) is 6.18. The fourth-order valence-electron chi connectivity index (χ4n) is 2.47. The fraction of sp³-hybridized carbons (Fsp3) is 0.333. The lowest BCUT2D eigenvalue weighted by molar-refractivity contribution is -0.136. The van der Waals surface area contributed by atoms with Crippen LogP contribution >= 0.6 is 11.6 Å². The van der Waals surface area contributed by atoms with Crippen LogP contribution in [0, 0.1) is 0 Å². The molecule has 0 spiro atoms. The van der Waals surface area contributed by atoms with Crippen molar-refractivity contribution in [2.24, 2.45) is 0 Å². The lowest BCUT2D eigenvalue weighted by Crippen LogP contribution is -2.47. The van der Waals surface area contributed by atoms with Crippen molar-refractivity contribution in [3.63, 3.8) is 0 Å². The van der Waals surface area contributed by atoms with Crippen LogP contribution in [0.5, 0.6) is 0 Å². The van der Waals surface area contributed by atoms with Crippen LogP contribution in [0.25, 0.3) is 0 Å². The molecule has 1 aliphatic heterocycles. The molecule has 0 fully saturated rings. The molecule has 1 heterocycles. The van der Waals surface area contributed by atoms with E-state index in [0.717, 1.165) is 5.56 Å². The van der Waals surface area contributed by atoms with Crippen LogP contribution in [0.3, 0.4) is 0 Å². The number of benzene rings is 1. The van der Waals surface area contributed by atoms with Crippen LogP contribution in [0.2, 0.25) is 5.02 Å². The summed E-state index contributed by atoms with van der Waals surface area (Å²) in [5, 5.41) is 3.37. The summed E-state index contributed by atoms with van der Waals surface area (Å²) in [6.45, 7) is 4.06. The third-order valence-corrected chi connectivity index (χ3v) is 3.73. The van der Waals surface area contributed by atoms with E-state index in [1.54, 1.807) is 25.1 Å². The van der Waals surface area contributed by atoms with E-state index in [-0.39, 0.29) is 6.03 Å². The number of methoxy groups -OCH3 is 1. The van der Waals surface area contributed by atoms with Crippen LogP contribution < -0.4 is 5.32 Å². The Hall–Kier alpha value is -2.01. The molecule has 0 radical (unpaired) electrons. The molecular weight excluding hydrogens is 292 g/mol. The molecule has 1 aromatic rings. The maximum Gasteiger partial charge on any atom is 0.337 e. The minimum Gasteiger partial charge on any atom is -0.466 e. The molecule has 21 heavy (non-hydrogen) atoms. The van der Waals surface area contributed by atoms with Crippen molar-refractivity contribution < 1.29 is 14.3 Å². The topological polar surface area (TPSA) is 58.6 Å². The molecule has 0 bridgehead atoms. The summed E-state index contributed by atoms with van der Waals surface area (Å²) in [7, 11) is 1.32. The molecule has 1 atom stereocenters. The second-order valence-corrected chi connectivity index (χ2v) is 5.11. The van der Waals surface area contributed by atoms with Crippen molar-refractivity contribution >= 4 is 23.6 Å². The Morgan fingerprint density at radius 1 is 1.48 bits per heavy atom. The number of rotatable bonds is 3. The number of nitrogens with zero attached hydrogens (tertiary/aromatic N) is 1. The quantitative estimate of drug-likeness (QED) is 0.874. The zero-order chi connectivity index (χ0) is 15.6. The summed E-state index contributed by atoms with van der Waals surface area (Å²) in [5.74, 6) is -0.462. The van der Waals surface area contributed by atoms with E-state index in [9.17, 15) is 9.59 Å². The third-order valence-electron chi connectivity index (χ3n) is 3.50. The van der Waals surface area contributed by atoms with E-state index in [1.165, 1.54) is 12.0 Å². The van der Waals surface area contributed by atoms with Gasteiger partial charge in [0, 0.05) is 17.3 Å². The van der Waals surface area contributed by atoms with Gasteiger partial charge in [-0.3, -0.25) is 4.90 Å². The number of ether oxygens (including phenoxy) is 1. The Kier molecular flexibility index (Phi) is 4.53. The minimum absolute atomic E-state index is 0.243. The highest BCUT2D eigenvalue weighted by atomic mass is 35.5. The molecule has 1 N–H and O–H groups in total. The highest BCUT2D eigenvalue weighted by molar-refractivity contribution is 6.30. The SMILES string of the molecule is CCN1C(=O)NC(c2cccc(Cl)c2)C(C(=O)OC)=C1C. The van der Waals surface area contributed by atoms with Crippen molar-refractivity contribution in [3.8, 4) is 0 Å². The first kappa shape index (κ1) is 15.4. The largest absolute Gasteiger partial charge is 0.466 e. The van der Waals surface area contributed by atoms with Gasteiger partial charge in [-0.05, 0) is 31.5 Å². The number of carbonyl (C=O) groups is 2. The molecule has 1 unspecified atom stereocenters. The first-order valence-electron chi connectivity index (χ1n) is 6.62. The van der Waals surface area contributed by atoms with E-state index < -0.39 is 12.0 Å². The van der Waals surface area contributed by atoms with Crippen LogP contribution in [-0.4, -0.2) is 30.6 Å². The lowest BCUT2D eigenvalue weighted by Gasteiger charge is -2.34. The van der Waals surface area contributed by atoms with Crippen molar-refractivity contribution in [1.82, 2.24) is 10.2 Å². The zero-order valence-electron chi connectivity index (χ0n) is 12.1. The summed E-state index contributed by atoms with van der Waals surface area (Å²) in [6.07, 6.45) is 0. The summed E-state index contributed by atoms with van der Waals surface area (Å²) in [5.41, 5.74) is 1.76. The minimum atomic E-state index is -0.563. The first-order valence-corrected chi connectivity index (χ1v) is 7.00. The van der Waals surface area contributed by atoms with E-state index in [2.05, 4.69) is 5.32 Å². The molecule has 1 aliphatic rings. The maximum atomic E-state index is 12.2. The number of esters is 1. The average molecular weight is 309 g/mol. The van der Waals surface area contributed by atoms with Crippen molar-refractivity contribution in [2.75, 3.05) is 13.7 Å². The van der Waals surface area contributed by atoms with Gasteiger partial charge in [0.05, 0.1) is 18.7 Å². The number of urea groups is 1. The second-order valence-electron chi connectivity index (χ2n) is 4.67. The number of hydrogen-bond donors (Lipinski definition) is 1. The molecule has 2 amide bonds. The van der Waals surface area contributed by atoms with E-state index >= 15 is 0 Å². The van der Waals surface area contributed by atoms with Crippen molar-refractivity contribution in [1.29, 1.82) is 0 Å². The summed E-state index contributed by atoms with van der Waals surface area (Å²) in [4.78, 5) is 25.8. The molecule has 0 aromatic heterocycles. The molecule has 0 aliphatic carbocycles. The van der Waals surface area contributed by atoms with Crippen LogP contribution in [0.1, 0.15) is 25.5 Å². The standard InChI is InChI=1S/C15H17ClN2O3/c1-4-18-9(2)12(14(19)21-3)13(17-15(18)20)10-6-5-7-11(16)8-10/h5-8,13H,4H2,1-3H3,(H,17,20). The molecule has 1 aromatic carbocycles. The normalized spacial score (nSPS) is 18.6. The Morgan fingerprint density at radius 2 is 2.19 bits per heavy atom. The van der Waals surface area contributed by atoms with Crippen LogP contribution in [0.15, 0.2) is 35.5 Å². The number of carbonyl (C=O) groups excluding carboxylic acids is 2. The van der Waals surface area contributed by atoms with E-state index in [0.29, 0.717) is 22.8 Å². The molecule has 2 rings (SSSR count). The number of amides is 2. The predicted octanol–water partition coefficient (Wildman–Crippen LogP) is 2.87. The number of hydrogen-bond acceptors (Lipinski definition) is 3. The van der Waals surface area contributed by atoms with Crippen molar-refractivity contribution in [2.45, 2.75) is 19.9 Å². The predicted molar refractivity (Wildman–Crippen MR) is 79.8 cm³/mol. The average Bonchev–Trinajstić information content (AvgIpc) is 2.46. The van der Waals surface area contributed by atoms with Gasteiger partial charge in [-0.2, -0.15) is 0 Å². The fourth-order valence-corrected chi connectivity index (χ4v) is 2.67. The van der Waals surface area contributed by atoms with Gasteiger partial charge in [-0.25, -0.2) is 9.59 Å². The van der Waals surface area contributed by atoms with E-state index in [4.69, 9.17) is 16.3 Å². The third kappa shape index (κ3) is 2.88. The Bertz CT molecular complexity index is 613. The van der Waals surface area contributed by atoms with Gasteiger partial charge in [0.15, 0.2) is 0 Å². The Balaban J connectivity index is 2.55. The smallest absolute Gasteiger partial charge is 0.337 e. The van der Waals surface area contributed by atoms with Crippen LogP contribution in [0.4, 0.5) is 4.79 Å². The summed E-state index contributed by atoms with van der Waals surface area (Å²) < 4.78 is 4.86. The molecule has 0 saturated carbocycles. The van der Waals surface area contributed by atoms with Crippen molar-refractivity contribution in [3.05, 3.63) is 46.1 Å². The number of allylic oxidation sites excluding steroid dienone is 1. The van der Waals surface area contributed by atoms with Crippen LogP contribution in [-0.2, 0) is 9.53 Å². The highest BCUT2D eigenvalue weighted by Crippen LogP contribution is 2.31.